The van der Waals surface area contributed by atoms with Crippen LogP contribution in [0.2, 0.25) is 0 Å². The number of hydrogen-bond acceptors (Lipinski definition) is 10. The Morgan fingerprint density at radius 3 is 2.26 bits per heavy atom. The Balaban J connectivity index is 0.871. The molecule has 3 aliphatic heterocycles. The van der Waals surface area contributed by atoms with Gasteiger partial charge >= 0.3 is 12.2 Å². The van der Waals surface area contributed by atoms with Gasteiger partial charge in [0.25, 0.3) is 5.91 Å². The van der Waals surface area contributed by atoms with Gasteiger partial charge in [0.15, 0.2) is 0 Å². The lowest BCUT2D eigenvalue weighted by atomic mass is 9.92. The molecular weight excluding hydrogens is 825 g/mol. The fraction of sp³-hybridized carbons (Fsp3) is 0.340. The van der Waals surface area contributed by atoms with Gasteiger partial charge in [-0.25, -0.2) is 14.8 Å². The highest BCUT2D eigenvalue weighted by molar-refractivity contribution is 6.05. The van der Waals surface area contributed by atoms with Gasteiger partial charge in [0, 0.05) is 36.6 Å². The molecule has 5 aromatic carbocycles. The molecule has 3 fully saturated rings. The Labute approximate surface area is 375 Å². The van der Waals surface area contributed by atoms with E-state index in [0.717, 1.165) is 74.2 Å². The number of amides is 3. The van der Waals surface area contributed by atoms with Crippen molar-refractivity contribution in [3.8, 4) is 22.4 Å². The normalized spacial score (nSPS) is 20.3. The van der Waals surface area contributed by atoms with Crippen LogP contribution in [0.25, 0.3) is 55.0 Å². The summed E-state index contributed by atoms with van der Waals surface area (Å²) in [6.07, 6.45) is 3.87. The first-order valence-electron chi connectivity index (χ1n) is 22.5. The van der Waals surface area contributed by atoms with Crippen LogP contribution < -0.4 is 10.4 Å². The first kappa shape index (κ1) is 42.3. The van der Waals surface area contributed by atoms with Crippen LogP contribution in [0.1, 0.15) is 80.8 Å². The highest BCUT2D eigenvalue weighted by atomic mass is 16.7. The number of carboxylic acid groups (broad SMARTS) is 1. The molecule has 4 N–H and O–H groups in total. The number of hydrogen-bond donors (Lipinski definition) is 4. The summed E-state index contributed by atoms with van der Waals surface area (Å²) in [5.41, 5.74) is 6.29. The smallest absolute Gasteiger partial charge is 0.407 e. The maximum absolute atomic E-state index is 14.1. The van der Waals surface area contributed by atoms with Crippen molar-refractivity contribution >= 4 is 50.7 Å². The molecule has 334 valence electrons. The van der Waals surface area contributed by atoms with E-state index in [1.165, 1.54) is 7.11 Å². The lowest BCUT2D eigenvalue weighted by Gasteiger charge is -2.45. The maximum Gasteiger partial charge on any atom is 0.407 e. The van der Waals surface area contributed by atoms with Gasteiger partial charge in [-0.05, 0) is 103 Å². The van der Waals surface area contributed by atoms with Gasteiger partial charge < -0.3 is 39.6 Å². The number of quaternary nitrogens is 1. The molecule has 3 saturated heterocycles. The molecule has 65 heavy (non-hydrogen) atoms. The third-order valence-corrected chi connectivity index (χ3v) is 14.0. The molecule has 2 aromatic heterocycles. The van der Waals surface area contributed by atoms with Gasteiger partial charge in [-0.15, -0.1) is 5.01 Å². The molecule has 0 aliphatic carbocycles. The number of ether oxygens (including phenoxy) is 2. The number of aromatic nitrogens is 4. The number of nitrogens with one attached hydrogen (secondary N) is 3. The van der Waals surface area contributed by atoms with Gasteiger partial charge in [-0.2, -0.15) is 5.21 Å². The molecule has 5 unspecified atom stereocenters. The zero-order valence-electron chi connectivity index (χ0n) is 36.4. The molecular formula is C50H52N8O7. The van der Waals surface area contributed by atoms with E-state index in [0.29, 0.717) is 62.8 Å². The third-order valence-electron chi connectivity index (χ3n) is 14.0. The molecule has 0 saturated carbocycles. The van der Waals surface area contributed by atoms with E-state index < -0.39 is 35.1 Å². The average Bonchev–Trinajstić information content (AvgIpc) is 4.19. The van der Waals surface area contributed by atoms with E-state index in [1.54, 1.807) is 18.1 Å². The van der Waals surface area contributed by atoms with Crippen molar-refractivity contribution in [2.45, 2.75) is 69.6 Å². The van der Waals surface area contributed by atoms with Crippen molar-refractivity contribution in [3.63, 3.8) is 0 Å². The number of carbonyl (C=O) groups is 3. The monoisotopic (exact) mass is 876 g/mol. The van der Waals surface area contributed by atoms with Crippen molar-refractivity contribution in [1.29, 1.82) is 0 Å². The summed E-state index contributed by atoms with van der Waals surface area (Å²) in [5, 5.41) is 33.0. The van der Waals surface area contributed by atoms with Gasteiger partial charge in [0.1, 0.15) is 29.8 Å². The van der Waals surface area contributed by atoms with Crippen molar-refractivity contribution in [3.05, 3.63) is 120 Å². The summed E-state index contributed by atoms with van der Waals surface area (Å²) >= 11 is 0. The number of hydroxylamine groups is 2. The maximum atomic E-state index is 14.1. The van der Waals surface area contributed by atoms with Crippen LogP contribution in [0.3, 0.4) is 0 Å². The number of likely N-dealkylation sites (tertiary alicyclic amines) is 1. The minimum atomic E-state index is -1.53. The highest BCUT2D eigenvalue weighted by Gasteiger charge is 2.52. The Morgan fingerprint density at radius 1 is 0.831 bits per heavy atom. The van der Waals surface area contributed by atoms with Crippen molar-refractivity contribution < 1.29 is 38.9 Å². The number of benzene rings is 5. The van der Waals surface area contributed by atoms with E-state index in [2.05, 4.69) is 75.9 Å². The summed E-state index contributed by atoms with van der Waals surface area (Å²) < 4.78 is 9.10. The molecule has 5 atom stereocenters. The van der Waals surface area contributed by atoms with Crippen molar-refractivity contribution in [1.82, 2.24) is 35.2 Å². The second-order valence-electron chi connectivity index (χ2n) is 17.6. The minimum absolute atomic E-state index is 0.0174. The van der Waals surface area contributed by atoms with Gasteiger partial charge in [-0.1, -0.05) is 77.6 Å². The Bertz CT molecular complexity index is 2910. The first-order valence-corrected chi connectivity index (χ1v) is 22.5. The van der Waals surface area contributed by atoms with Crippen LogP contribution in [-0.4, -0.2) is 97.4 Å². The van der Waals surface area contributed by atoms with Gasteiger partial charge in [0.05, 0.1) is 42.6 Å². The Morgan fingerprint density at radius 2 is 1.51 bits per heavy atom. The predicted octanol–water partition coefficient (Wildman–Crippen LogP) is 8.10. The molecule has 0 radical (unpaired) electrons. The zero-order chi connectivity index (χ0) is 44.8. The number of H-pyrrole nitrogens is 2. The molecule has 3 amide bonds. The molecule has 0 bridgehead atoms. The van der Waals surface area contributed by atoms with Crippen molar-refractivity contribution in [2.75, 3.05) is 33.4 Å². The second kappa shape index (κ2) is 17.4. The SMILES string of the molecule is COC(=O)NC(C(=O)N1CCCC1c1nc2c(ccc3cc(-c4ccc5cc(-c6cnc(C7CCCN7[N+](O)(C(=O)[O-])C(C)C7CCOCC7)[nH]6)ccc5c4)ccc32)[nH]1)c1ccccc1. The second-order valence-corrected chi connectivity index (χ2v) is 17.6. The summed E-state index contributed by atoms with van der Waals surface area (Å²) in [7, 11) is 1.28. The summed E-state index contributed by atoms with van der Waals surface area (Å²) in [6, 6.07) is 30.2. The lowest BCUT2D eigenvalue weighted by molar-refractivity contribution is -1.16. The van der Waals surface area contributed by atoms with E-state index in [4.69, 9.17) is 19.4 Å². The number of imidazole rings is 2. The topological polar surface area (TPSA) is 189 Å². The van der Waals surface area contributed by atoms with Crippen LogP contribution in [-0.2, 0) is 14.3 Å². The molecule has 15 heteroatoms. The largest absolute Gasteiger partial charge is 0.494 e. The summed E-state index contributed by atoms with van der Waals surface area (Å²) in [6.45, 7) is 3.83. The zero-order valence-corrected chi connectivity index (χ0v) is 36.4. The lowest BCUT2D eigenvalue weighted by Crippen LogP contribution is -2.70. The Hall–Kier alpha value is -6.65. The molecule has 0 spiro atoms. The fourth-order valence-electron chi connectivity index (χ4n) is 10.4. The van der Waals surface area contributed by atoms with E-state index in [-0.39, 0.29) is 17.9 Å². The highest BCUT2D eigenvalue weighted by Crippen LogP contribution is 2.40. The van der Waals surface area contributed by atoms with E-state index in [9.17, 15) is 24.7 Å². The third kappa shape index (κ3) is 7.77. The number of methoxy groups -OCH3 is 1. The van der Waals surface area contributed by atoms with E-state index >= 15 is 0 Å². The molecule has 15 nitrogen and oxygen atoms in total. The summed E-state index contributed by atoms with van der Waals surface area (Å²) in [5.74, 6) is 1.10. The first-order chi connectivity index (χ1) is 31.6. The van der Waals surface area contributed by atoms with E-state index in [1.807, 2.05) is 41.3 Å². The number of rotatable bonds is 10. The number of nitrogens with zero attached hydrogens (tertiary/aromatic N) is 5. The van der Waals surface area contributed by atoms with Crippen LogP contribution in [0.15, 0.2) is 103 Å². The number of aromatic amines is 2. The molecule has 10 rings (SSSR count). The standard InChI is InChI=1S/C50H52N8O7/c1-30(31-20-24-65-25-21-31)58(63,50(61)62)57-23-7-11-43(57)46-51-29-41(53-46)38-15-14-34-26-33(12-13-35(34)28-38)36-16-18-39-37(27-36)17-19-40-45(39)54-47(52-40)42-10-6-22-56(42)48(59)44(55-49(60)64-2)32-8-4-3-5-9-32/h3-5,8-9,12-19,26-31,42-44,63H,6-7,10-11,20-25H2,1-2H3,(H3-,51,52,53,54,55,60,61,62). The van der Waals surface area contributed by atoms with Crippen LogP contribution in [0, 0.1) is 5.92 Å². The van der Waals surface area contributed by atoms with Crippen LogP contribution >= 0.6 is 0 Å². The Kier molecular flexibility index (Phi) is 11.3. The fourth-order valence-corrected chi connectivity index (χ4v) is 10.4. The average molecular weight is 877 g/mol. The number of alkyl carbamates (subject to hydrolysis) is 1. The summed E-state index contributed by atoms with van der Waals surface area (Å²) in [4.78, 5) is 57.7. The predicted molar refractivity (Wildman–Crippen MR) is 242 cm³/mol. The number of fused-ring (bicyclic) bond motifs is 4. The molecule has 5 heterocycles. The quantitative estimate of drug-likeness (QED) is 0.0594. The molecule has 7 aromatic rings. The van der Waals surface area contributed by atoms with Gasteiger partial charge in [0.2, 0.25) is 0 Å². The van der Waals surface area contributed by atoms with Crippen LogP contribution in [0.4, 0.5) is 9.59 Å². The van der Waals surface area contributed by atoms with Crippen molar-refractivity contribution in [2.24, 2.45) is 5.92 Å². The number of carbonyl (C=O) groups excluding carboxylic acids is 3. The van der Waals surface area contributed by atoms with Gasteiger partial charge in [-0.3, -0.25) is 4.79 Å². The molecule has 3 aliphatic rings. The minimum Gasteiger partial charge on any atom is -0.494 e. The van der Waals surface area contributed by atoms with Crippen LogP contribution in [0.5, 0.6) is 0 Å².